The highest BCUT2D eigenvalue weighted by Crippen LogP contribution is 2.27. The molecule has 0 amide bonds. The summed E-state index contributed by atoms with van der Waals surface area (Å²) in [5.41, 5.74) is -0.556. The number of benzene rings is 2. The second-order valence-electron chi connectivity index (χ2n) is 4.69. The van der Waals surface area contributed by atoms with Gasteiger partial charge in [-0.1, -0.05) is 23.7 Å². The molecule has 1 N–H and O–H groups in total. The minimum atomic E-state index is -1.29. The highest BCUT2D eigenvalue weighted by Gasteiger charge is 2.25. The van der Waals surface area contributed by atoms with Crippen molar-refractivity contribution in [1.82, 2.24) is 0 Å². The van der Waals surface area contributed by atoms with Crippen LogP contribution in [0.15, 0.2) is 42.5 Å². The number of hydrogen-bond donors (Lipinski definition) is 1. The van der Waals surface area contributed by atoms with Crippen molar-refractivity contribution in [3.8, 4) is 0 Å². The predicted molar refractivity (Wildman–Crippen MR) is 71.1 cm³/mol. The van der Waals surface area contributed by atoms with Gasteiger partial charge in [0.1, 0.15) is 11.6 Å². The second kappa shape index (κ2) is 5.27. The first-order valence-corrected chi connectivity index (χ1v) is 6.19. The van der Waals surface area contributed by atoms with E-state index in [9.17, 15) is 13.9 Å². The molecular formula is C15H13ClF2O. The van der Waals surface area contributed by atoms with Crippen LogP contribution in [-0.2, 0) is 12.0 Å². The normalized spacial score (nSPS) is 14.2. The average molecular weight is 283 g/mol. The zero-order valence-electron chi connectivity index (χ0n) is 10.3. The van der Waals surface area contributed by atoms with Gasteiger partial charge in [0.05, 0.1) is 5.60 Å². The fourth-order valence-corrected chi connectivity index (χ4v) is 2.09. The van der Waals surface area contributed by atoms with E-state index < -0.39 is 17.2 Å². The molecule has 1 unspecified atom stereocenters. The first kappa shape index (κ1) is 14.0. The minimum Gasteiger partial charge on any atom is -0.385 e. The van der Waals surface area contributed by atoms with Gasteiger partial charge < -0.3 is 5.11 Å². The summed E-state index contributed by atoms with van der Waals surface area (Å²) in [7, 11) is 0. The van der Waals surface area contributed by atoms with Crippen molar-refractivity contribution in [2.75, 3.05) is 0 Å². The largest absolute Gasteiger partial charge is 0.385 e. The van der Waals surface area contributed by atoms with Crippen LogP contribution < -0.4 is 0 Å². The van der Waals surface area contributed by atoms with E-state index >= 15 is 0 Å². The fraction of sp³-hybridized carbons (Fsp3) is 0.200. The zero-order chi connectivity index (χ0) is 14.0. The first-order valence-electron chi connectivity index (χ1n) is 5.81. The highest BCUT2D eigenvalue weighted by molar-refractivity contribution is 6.30. The van der Waals surface area contributed by atoms with E-state index in [0.717, 1.165) is 18.2 Å². The van der Waals surface area contributed by atoms with Crippen molar-refractivity contribution in [3.05, 3.63) is 70.2 Å². The molecule has 0 fully saturated rings. The molecule has 0 aliphatic rings. The summed E-state index contributed by atoms with van der Waals surface area (Å²) in [6.07, 6.45) is -0.0156. The molecule has 2 aromatic rings. The molecule has 1 atom stereocenters. The number of hydrogen-bond acceptors (Lipinski definition) is 1. The number of aliphatic hydroxyl groups is 1. The maximum atomic E-state index is 13.6. The Morgan fingerprint density at radius 2 is 1.74 bits per heavy atom. The summed E-state index contributed by atoms with van der Waals surface area (Å²) in [6, 6.07) is 9.83. The van der Waals surface area contributed by atoms with Crippen LogP contribution in [0.3, 0.4) is 0 Å². The van der Waals surface area contributed by atoms with Crippen molar-refractivity contribution < 1.29 is 13.9 Å². The molecule has 1 nitrogen and oxygen atoms in total. The van der Waals surface area contributed by atoms with Crippen LogP contribution in [-0.4, -0.2) is 5.11 Å². The summed E-state index contributed by atoms with van der Waals surface area (Å²) in [5.74, 6) is -1.06. The lowest BCUT2D eigenvalue weighted by atomic mass is 9.89. The van der Waals surface area contributed by atoms with E-state index in [-0.39, 0.29) is 12.0 Å². The maximum absolute atomic E-state index is 13.6. The van der Waals surface area contributed by atoms with Gasteiger partial charge in [0.2, 0.25) is 0 Å². The Kier molecular flexibility index (Phi) is 3.88. The van der Waals surface area contributed by atoms with Crippen molar-refractivity contribution in [1.29, 1.82) is 0 Å². The van der Waals surface area contributed by atoms with E-state index in [2.05, 4.69) is 0 Å². The van der Waals surface area contributed by atoms with Crippen LogP contribution in [0, 0.1) is 11.6 Å². The molecule has 0 saturated carbocycles. The molecule has 2 aromatic carbocycles. The van der Waals surface area contributed by atoms with Gasteiger partial charge >= 0.3 is 0 Å². The summed E-state index contributed by atoms with van der Waals surface area (Å²) < 4.78 is 26.7. The lowest BCUT2D eigenvalue weighted by molar-refractivity contribution is 0.0566. The van der Waals surface area contributed by atoms with Gasteiger partial charge in [0, 0.05) is 11.4 Å². The Balaban J connectivity index is 2.30. The molecule has 0 radical (unpaired) electrons. The molecule has 0 aliphatic carbocycles. The summed E-state index contributed by atoms with van der Waals surface area (Å²) in [5, 5.41) is 11.0. The summed E-state index contributed by atoms with van der Waals surface area (Å²) in [6.45, 7) is 1.56. The molecule has 0 spiro atoms. The monoisotopic (exact) mass is 282 g/mol. The smallest absolute Gasteiger partial charge is 0.126 e. The molecule has 19 heavy (non-hydrogen) atoms. The van der Waals surface area contributed by atoms with Crippen molar-refractivity contribution >= 4 is 11.6 Å². The molecule has 2 rings (SSSR count). The number of halogens is 3. The van der Waals surface area contributed by atoms with Gasteiger partial charge in [-0.3, -0.25) is 0 Å². The second-order valence-corrected chi connectivity index (χ2v) is 5.13. The van der Waals surface area contributed by atoms with Gasteiger partial charge in [0.15, 0.2) is 0 Å². The maximum Gasteiger partial charge on any atom is 0.126 e. The standard InChI is InChI=1S/C15H13ClF2O/c1-15(19,11-2-4-12(16)5-3-11)9-10-8-13(17)6-7-14(10)18/h2-8,19H,9H2,1H3. The quantitative estimate of drug-likeness (QED) is 0.900. The van der Waals surface area contributed by atoms with Crippen LogP contribution >= 0.6 is 11.6 Å². The first-order chi connectivity index (χ1) is 8.88. The Morgan fingerprint density at radius 3 is 2.37 bits per heavy atom. The van der Waals surface area contributed by atoms with Gasteiger partial charge in [-0.15, -0.1) is 0 Å². The van der Waals surface area contributed by atoms with Crippen molar-refractivity contribution in [3.63, 3.8) is 0 Å². The zero-order valence-corrected chi connectivity index (χ0v) is 11.1. The van der Waals surface area contributed by atoms with Crippen LogP contribution in [0.1, 0.15) is 18.1 Å². The molecule has 0 aliphatic heterocycles. The van der Waals surface area contributed by atoms with E-state index in [1.54, 1.807) is 31.2 Å². The van der Waals surface area contributed by atoms with E-state index in [1.807, 2.05) is 0 Å². The Morgan fingerprint density at radius 1 is 1.11 bits per heavy atom. The van der Waals surface area contributed by atoms with Crippen LogP contribution in [0.2, 0.25) is 5.02 Å². The molecule has 0 aromatic heterocycles. The lowest BCUT2D eigenvalue weighted by Crippen LogP contribution is -2.24. The third-order valence-corrected chi connectivity index (χ3v) is 3.26. The van der Waals surface area contributed by atoms with Crippen LogP contribution in [0.5, 0.6) is 0 Å². The van der Waals surface area contributed by atoms with Gasteiger partial charge in [-0.2, -0.15) is 0 Å². The fourth-order valence-electron chi connectivity index (χ4n) is 1.96. The van der Waals surface area contributed by atoms with E-state index in [4.69, 9.17) is 11.6 Å². The van der Waals surface area contributed by atoms with Gasteiger partial charge in [0.25, 0.3) is 0 Å². The van der Waals surface area contributed by atoms with Crippen LogP contribution in [0.25, 0.3) is 0 Å². The molecule has 100 valence electrons. The third-order valence-electron chi connectivity index (χ3n) is 3.01. The summed E-state index contributed by atoms with van der Waals surface area (Å²) >= 11 is 5.78. The Labute approximate surface area is 115 Å². The predicted octanol–water partition coefficient (Wildman–Crippen LogP) is 4.07. The molecule has 0 heterocycles. The topological polar surface area (TPSA) is 20.2 Å². The molecule has 0 bridgehead atoms. The van der Waals surface area contributed by atoms with E-state index in [1.165, 1.54) is 0 Å². The van der Waals surface area contributed by atoms with Crippen molar-refractivity contribution in [2.45, 2.75) is 18.9 Å². The molecule has 0 saturated heterocycles. The highest BCUT2D eigenvalue weighted by atomic mass is 35.5. The summed E-state index contributed by atoms with van der Waals surface area (Å²) in [4.78, 5) is 0. The lowest BCUT2D eigenvalue weighted by Gasteiger charge is -2.24. The average Bonchev–Trinajstić information content (AvgIpc) is 2.34. The van der Waals surface area contributed by atoms with Gasteiger partial charge in [-0.05, 0) is 48.4 Å². The third kappa shape index (κ3) is 3.31. The molecule has 4 heteroatoms. The molecular weight excluding hydrogens is 270 g/mol. The van der Waals surface area contributed by atoms with E-state index in [0.29, 0.717) is 10.6 Å². The Bertz CT molecular complexity index is 579. The minimum absolute atomic E-state index is 0.0156. The van der Waals surface area contributed by atoms with Crippen LogP contribution in [0.4, 0.5) is 8.78 Å². The number of rotatable bonds is 3. The van der Waals surface area contributed by atoms with Crippen molar-refractivity contribution in [2.24, 2.45) is 0 Å². The Hall–Kier alpha value is -1.45. The SMILES string of the molecule is CC(O)(Cc1cc(F)ccc1F)c1ccc(Cl)cc1. The van der Waals surface area contributed by atoms with Gasteiger partial charge in [-0.25, -0.2) is 8.78 Å².